The van der Waals surface area contributed by atoms with Gasteiger partial charge in [-0.25, -0.2) is 10.4 Å². The highest BCUT2D eigenvalue weighted by molar-refractivity contribution is 7.14. The molecule has 0 aliphatic carbocycles. The van der Waals surface area contributed by atoms with Crippen LogP contribution in [0, 0.1) is 6.92 Å². The summed E-state index contributed by atoms with van der Waals surface area (Å²) < 4.78 is 16.7. The molecule has 3 N–H and O–H groups in total. The van der Waals surface area contributed by atoms with Crippen molar-refractivity contribution in [2.45, 2.75) is 13.8 Å². The molecule has 10 nitrogen and oxygen atoms in total. The molecule has 1 heterocycles. The lowest BCUT2D eigenvalue weighted by Gasteiger charge is -2.13. The number of ether oxygens (including phenoxy) is 3. The summed E-state index contributed by atoms with van der Waals surface area (Å²) in [5.74, 6) is 0.693. The fourth-order valence-electron chi connectivity index (χ4n) is 4.32. The van der Waals surface area contributed by atoms with E-state index < -0.39 is 0 Å². The Kier molecular flexibility index (Phi) is 10.6. The first-order chi connectivity index (χ1) is 22.4. The summed E-state index contributed by atoms with van der Waals surface area (Å²) in [5, 5.41) is 12.9. The van der Waals surface area contributed by atoms with Gasteiger partial charge in [0.2, 0.25) is 0 Å². The highest BCUT2D eigenvalue weighted by Crippen LogP contribution is 2.29. The number of benzene rings is 4. The minimum Gasteiger partial charge on any atom is -0.495 e. The first kappa shape index (κ1) is 31.7. The molecule has 0 saturated carbocycles. The van der Waals surface area contributed by atoms with Gasteiger partial charge >= 0.3 is 0 Å². The Hall–Kier alpha value is -5.68. The van der Waals surface area contributed by atoms with Gasteiger partial charge in [-0.2, -0.15) is 5.10 Å². The molecule has 0 fully saturated rings. The average molecular weight is 636 g/mol. The maximum Gasteiger partial charge on any atom is 0.271 e. The summed E-state index contributed by atoms with van der Waals surface area (Å²) in [4.78, 5) is 29.9. The second-order valence-corrected chi connectivity index (χ2v) is 10.8. The van der Waals surface area contributed by atoms with Gasteiger partial charge in [-0.15, -0.1) is 11.3 Å². The highest BCUT2D eigenvalue weighted by Gasteiger charge is 2.12. The number of hydrazone groups is 1. The van der Waals surface area contributed by atoms with Gasteiger partial charge in [0.05, 0.1) is 31.3 Å². The number of hydrogen-bond donors (Lipinski definition) is 3. The Labute approximate surface area is 271 Å². The molecule has 0 saturated heterocycles. The van der Waals surface area contributed by atoms with Crippen molar-refractivity contribution in [3.63, 3.8) is 0 Å². The van der Waals surface area contributed by atoms with Crippen LogP contribution >= 0.6 is 11.3 Å². The van der Waals surface area contributed by atoms with Crippen LogP contribution in [0.2, 0.25) is 0 Å². The molecule has 4 aromatic carbocycles. The van der Waals surface area contributed by atoms with Crippen molar-refractivity contribution in [1.29, 1.82) is 0 Å². The number of nitrogens with one attached hydrogen (secondary N) is 3. The first-order valence-corrected chi connectivity index (χ1v) is 15.4. The molecule has 2 amide bonds. The molecule has 0 atom stereocenters. The van der Waals surface area contributed by atoms with E-state index in [0.717, 1.165) is 22.1 Å². The van der Waals surface area contributed by atoms with Gasteiger partial charge in [-0.05, 0) is 74.0 Å². The summed E-state index contributed by atoms with van der Waals surface area (Å²) in [5.41, 5.74) is 8.12. The van der Waals surface area contributed by atoms with Crippen molar-refractivity contribution in [2.24, 2.45) is 5.10 Å². The molecule has 234 valence electrons. The molecule has 11 heteroatoms. The number of rotatable bonds is 13. The van der Waals surface area contributed by atoms with E-state index in [1.165, 1.54) is 30.2 Å². The predicted molar refractivity (Wildman–Crippen MR) is 182 cm³/mol. The molecule has 0 aliphatic rings. The lowest BCUT2D eigenvalue weighted by atomic mass is 10.1. The number of thiazole rings is 1. The third-order valence-corrected chi connectivity index (χ3v) is 7.39. The predicted octanol–water partition coefficient (Wildman–Crippen LogP) is 7.05. The van der Waals surface area contributed by atoms with Crippen molar-refractivity contribution < 1.29 is 23.8 Å². The van der Waals surface area contributed by atoms with Crippen molar-refractivity contribution in [1.82, 2.24) is 10.4 Å². The van der Waals surface area contributed by atoms with E-state index in [0.29, 0.717) is 40.7 Å². The number of para-hydroxylation sites is 2. The van der Waals surface area contributed by atoms with Crippen LogP contribution in [0.4, 0.5) is 16.5 Å². The Morgan fingerprint density at radius 3 is 2.46 bits per heavy atom. The molecule has 0 unspecified atom stereocenters. The lowest BCUT2D eigenvalue weighted by molar-refractivity contribution is -0.118. The zero-order valence-corrected chi connectivity index (χ0v) is 26.4. The summed E-state index contributed by atoms with van der Waals surface area (Å²) in [6.07, 6.45) is 1.50. The van der Waals surface area contributed by atoms with Crippen LogP contribution in [0.25, 0.3) is 11.3 Å². The van der Waals surface area contributed by atoms with E-state index in [9.17, 15) is 9.59 Å². The van der Waals surface area contributed by atoms with Crippen LogP contribution in [0.3, 0.4) is 0 Å². The third-order valence-electron chi connectivity index (χ3n) is 6.64. The number of carbonyl (C=O) groups is 2. The molecular weight excluding hydrogens is 602 g/mol. The molecule has 0 bridgehead atoms. The fraction of sp³-hybridized carbons (Fsp3) is 0.143. The first-order valence-electron chi connectivity index (χ1n) is 14.5. The van der Waals surface area contributed by atoms with Gasteiger partial charge in [0.25, 0.3) is 11.8 Å². The third kappa shape index (κ3) is 8.48. The topological polar surface area (TPSA) is 123 Å². The SMILES string of the molecule is CCOc1cc(/C=N/NC(=O)c2ccc(-c3csc(Nc4ccc(C)cc4)n3)cc2)ccc1OCC(=O)Nc1ccccc1OC. The van der Waals surface area contributed by atoms with E-state index in [1.54, 1.807) is 48.5 Å². The molecular formula is C35H33N5O5S. The Bertz CT molecular complexity index is 1820. The monoisotopic (exact) mass is 635 g/mol. The molecule has 0 aliphatic heterocycles. The zero-order valence-electron chi connectivity index (χ0n) is 25.6. The van der Waals surface area contributed by atoms with Gasteiger partial charge in [0, 0.05) is 22.2 Å². The van der Waals surface area contributed by atoms with Crippen molar-refractivity contribution in [3.8, 4) is 28.5 Å². The van der Waals surface area contributed by atoms with E-state index in [-0.39, 0.29) is 18.4 Å². The summed E-state index contributed by atoms with van der Waals surface area (Å²) in [7, 11) is 1.54. The standard InChI is InChI=1S/C35H33N5O5S/c1-4-44-32-19-24(11-18-31(32)45-21-33(41)38-28-7-5-6-8-30(28)43-3)20-36-40-34(42)26-14-12-25(13-15-26)29-22-46-35(39-29)37-27-16-9-23(2)10-17-27/h5-20,22H,4,21H2,1-3H3,(H,37,39)(H,38,41)(H,40,42)/b36-20+. The minimum absolute atomic E-state index is 0.228. The maximum atomic E-state index is 12.7. The number of aromatic nitrogens is 1. The number of carbonyl (C=O) groups excluding carboxylic acids is 2. The largest absolute Gasteiger partial charge is 0.495 e. The van der Waals surface area contributed by atoms with Gasteiger partial charge in [-0.3, -0.25) is 9.59 Å². The second-order valence-electron chi connectivity index (χ2n) is 9.98. The van der Waals surface area contributed by atoms with E-state index in [1.807, 2.05) is 61.7 Å². The Morgan fingerprint density at radius 2 is 1.70 bits per heavy atom. The summed E-state index contributed by atoms with van der Waals surface area (Å²) in [6.45, 7) is 4.06. The number of amides is 2. The molecule has 1 aromatic heterocycles. The van der Waals surface area contributed by atoms with Crippen molar-refractivity contribution in [2.75, 3.05) is 31.0 Å². The molecule has 46 heavy (non-hydrogen) atoms. The van der Waals surface area contributed by atoms with Crippen LogP contribution in [0.5, 0.6) is 17.2 Å². The quantitative estimate of drug-likeness (QED) is 0.0936. The van der Waals surface area contributed by atoms with Crippen LogP contribution in [0.1, 0.15) is 28.4 Å². The van der Waals surface area contributed by atoms with Gasteiger partial charge < -0.3 is 24.8 Å². The maximum absolute atomic E-state index is 12.7. The minimum atomic E-state index is -0.353. The number of methoxy groups -OCH3 is 1. The van der Waals surface area contributed by atoms with Crippen LogP contribution in [0.15, 0.2) is 101 Å². The van der Waals surface area contributed by atoms with E-state index in [4.69, 9.17) is 14.2 Å². The number of nitrogens with zero attached hydrogens (tertiary/aromatic N) is 2. The van der Waals surface area contributed by atoms with Gasteiger partial charge in [-0.1, -0.05) is 42.0 Å². The Balaban J connectivity index is 1.15. The summed E-state index contributed by atoms with van der Waals surface area (Å²) >= 11 is 1.51. The lowest BCUT2D eigenvalue weighted by Crippen LogP contribution is -2.20. The number of hydrogen-bond acceptors (Lipinski definition) is 9. The fourth-order valence-corrected chi connectivity index (χ4v) is 5.06. The number of anilines is 3. The Morgan fingerprint density at radius 1 is 0.913 bits per heavy atom. The van der Waals surface area contributed by atoms with Crippen LogP contribution in [-0.2, 0) is 4.79 Å². The normalized spacial score (nSPS) is 10.8. The zero-order chi connectivity index (χ0) is 32.3. The summed E-state index contributed by atoms with van der Waals surface area (Å²) in [6, 6.07) is 27.6. The van der Waals surface area contributed by atoms with E-state index >= 15 is 0 Å². The van der Waals surface area contributed by atoms with Crippen molar-refractivity contribution in [3.05, 3.63) is 113 Å². The van der Waals surface area contributed by atoms with Crippen molar-refractivity contribution >= 4 is 45.9 Å². The molecule has 0 radical (unpaired) electrons. The molecule has 5 rings (SSSR count). The molecule has 0 spiro atoms. The average Bonchev–Trinajstić information content (AvgIpc) is 3.54. The highest BCUT2D eigenvalue weighted by atomic mass is 32.1. The van der Waals surface area contributed by atoms with Crippen LogP contribution in [-0.4, -0.2) is 43.3 Å². The number of aryl methyl sites for hydroxylation is 1. The van der Waals surface area contributed by atoms with Crippen LogP contribution < -0.4 is 30.3 Å². The smallest absolute Gasteiger partial charge is 0.271 e. The molecule has 5 aromatic rings. The van der Waals surface area contributed by atoms with Gasteiger partial charge in [0.1, 0.15) is 5.75 Å². The van der Waals surface area contributed by atoms with Gasteiger partial charge in [0.15, 0.2) is 23.2 Å². The van der Waals surface area contributed by atoms with E-state index in [2.05, 4.69) is 26.1 Å². The second kappa shape index (κ2) is 15.4.